The summed E-state index contributed by atoms with van der Waals surface area (Å²) in [7, 11) is 0. The number of benzene rings is 3. The maximum absolute atomic E-state index is 12.3. The number of aryl methyl sites for hydroxylation is 2. The summed E-state index contributed by atoms with van der Waals surface area (Å²) in [5.41, 5.74) is 5.25. The quantitative estimate of drug-likeness (QED) is 0.280. The number of fused-ring (bicyclic) bond motifs is 1. The van der Waals surface area contributed by atoms with Gasteiger partial charge in [0.25, 0.3) is 5.91 Å². The molecule has 3 aromatic carbocycles. The predicted molar refractivity (Wildman–Crippen MR) is 134 cm³/mol. The van der Waals surface area contributed by atoms with Crippen molar-refractivity contribution in [3.63, 3.8) is 0 Å². The zero-order valence-corrected chi connectivity index (χ0v) is 19.9. The van der Waals surface area contributed by atoms with E-state index in [-0.39, 0.29) is 5.91 Å². The molecule has 0 aliphatic heterocycles. The van der Waals surface area contributed by atoms with E-state index in [0.29, 0.717) is 6.54 Å². The smallest absolute Gasteiger partial charge is 0.251 e. The number of unbranched alkanes of at least 4 members (excludes halogenated alkanes) is 2. The third-order valence-corrected chi connectivity index (χ3v) is 6.27. The van der Waals surface area contributed by atoms with Crippen LogP contribution < -0.4 is 5.32 Å². The van der Waals surface area contributed by atoms with E-state index >= 15 is 0 Å². The van der Waals surface area contributed by atoms with Gasteiger partial charge in [0.15, 0.2) is 0 Å². The summed E-state index contributed by atoms with van der Waals surface area (Å²) >= 11 is 3.51. The van der Waals surface area contributed by atoms with Gasteiger partial charge in [-0.2, -0.15) is 0 Å². The standard InChI is InChI=1S/C27H28BrN3O/c1-20-9-4-5-10-23(20)27(32)29-18-8-2-3-13-26-30-24-11-6-7-12-25(24)31(26)19-21-14-16-22(28)17-15-21/h4-7,9-12,14-17H,2-3,8,13,18-19H2,1H3,(H,29,32). The monoisotopic (exact) mass is 489 g/mol. The molecule has 1 N–H and O–H groups in total. The Morgan fingerprint density at radius 1 is 0.938 bits per heavy atom. The molecule has 0 radical (unpaired) electrons. The number of carbonyl (C=O) groups excluding carboxylic acids is 1. The van der Waals surface area contributed by atoms with Crippen LogP contribution in [0.3, 0.4) is 0 Å². The molecule has 5 heteroatoms. The molecule has 1 heterocycles. The number of rotatable bonds is 9. The molecule has 4 rings (SSSR count). The zero-order valence-electron chi connectivity index (χ0n) is 18.4. The van der Waals surface area contributed by atoms with Gasteiger partial charge in [0.1, 0.15) is 5.82 Å². The summed E-state index contributed by atoms with van der Waals surface area (Å²) in [5.74, 6) is 1.14. The maximum atomic E-state index is 12.3. The molecular weight excluding hydrogens is 462 g/mol. The lowest BCUT2D eigenvalue weighted by molar-refractivity contribution is 0.0952. The fourth-order valence-electron chi connectivity index (χ4n) is 3.97. The molecular formula is C27H28BrN3O. The highest BCUT2D eigenvalue weighted by Gasteiger charge is 2.11. The average Bonchev–Trinajstić information content (AvgIpc) is 3.15. The van der Waals surface area contributed by atoms with Crippen molar-refractivity contribution in [3.8, 4) is 0 Å². The highest BCUT2D eigenvalue weighted by Crippen LogP contribution is 2.20. The van der Waals surface area contributed by atoms with Crippen LogP contribution in [0, 0.1) is 6.92 Å². The second kappa shape index (κ2) is 10.6. The van der Waals surface area contributed by atoms with Gasteiger partial charge in [-0.15, -0.1) is 0 Å². The molecule has 0 aliphatic carbocycles. The van der Waals surface area contributed by atoms with E-state index in [0.717, 1.165) is 59.2 Å². The number of hydrogen-bond acceptors (Lipinski definition) is 2. The van der Waals surface area contributed by atoms with E-state index in [9.17, 15) is 4.79 Å². The fourth-order valence-corrected chi connectivity index (χ4v) is 4.24. The van der Waals surface area contributed by atoms with Crippen LogP contribution >= 0.6 is 15.9 Å². The largest absolute Gasteiger partial charge is 0.352 e. The number of aromatic nitrogens is 2. The van der Waals surface area contributed by atoms with Crippen molar-refractivity contribution in [2.45, 2.75) is 39.2 Å². The highest BCUT2D eigenvalue weighted by molar-refractivity contribution is 9.10. The number of para-hydroxylation sites is 2. The van der Waals surface area contributed by atoms with Gasteiger partial charge >= 0.3 is 0 Å². The Labute approximate surface area is 197 Å². The first kappa shape index (κ1) is 22.3. The summed E-state index contributed by atoms with van der Waals surface area (Å²) in [6.45, 7) is 3.48. The molecule has 1 amide bonds. The lowest BCUT2D eigenvalue weighted by Crippen LogP contribution is -2.25. The molecule has 0 atom stereocenters. The average molecular weight is 490 g/mol. The Kier molecular flexibility index (Phi) is 7.38. The number of nitrogens with one attached hydrogen (secondary N) is 1. The molecule has 0 spiro atoms. The molecule has 0 saturated heterocycles. The summed E-state index contributed by atoms with van der Waals surface area (Å²) < 4.78 is 3.42. The number of halogens is 1. The maximum Gasteiger partial charge on any atom is 0.251 e. The van der Waals surface area contributed by atoms with E-state index in [1.807, 2.05) is 37.3 Å². The van der Waals surface area contributed by atoms with E-state index in [1.165, 1.54) is 11.1 Å². The molecule has 0 fully saturated rings. The van der Waals surface area contributed by atoms with Crippen molar-refractivity contribution in [2.75, 3.05) is 6.54 Å². The number of hydrogen-bond donors (Lipinski definition) is 1. The van der Waals surface area contributed by atoms with Crippen molar-refractivity contribution in [3.05, 3.63) is 99.8 Å². The van der Waals surface area contributed by atoms with Crippen molar-refractivity contribution < 1.29 is 4.79 Å². The molecule has 4 nitrogen and oxygen atoms in total. The van der Waals surface area contributed by atoms with Crippen molar-refractivity contribution >= 4 is 32.9 Å². The van der Waals surface area contributed by atoms with Crippen LogP contribution in [0.4, 0.5) is 0 Å². The van der Waals surface area contributed by atoms with Crippen LogP contribution in [0.25, 0.3) is 11.0 Å². The SMILES string of the molecule is Cc1ccccc1C(=O)NCCCCCc1nc2ccccc2n1Cc1ccc(Br)cc1. The number of nitrogens with zero attached hydrogens (tertiary/aromatic N) is 2. The fraction of sp³-hybridized carbons (Fsp3) is 0.259. The van der Waals surface area contributed by atoms with Gasteiger partial charge in [-0.1, -0.05) is 64.8 Å². The zero-order chi connectivity index (χ0) is 22.3. The van der Waals surface area contributed by atoms with Gasteiger partial charge in [-0.25, -0.2) is 4.98 Å². The normalized spacial score (nSPS) is 11.1. The number of amides is 1. The minimum Gasteiger partial charge on any atom is -0.352 e. The topological polar surface area (TPSA) is 46.9 Å². The van der Waals surface area contributed by atoms with Gasteiger partial charge in [0.2, 0.25) is 0 Å². The highest BCUT2D eigenvalue weighted by atomic mass is 79.9. The molecule has 0 bridgehead atoms. The number of carbonyl (C=O) groups is 1. The Morgan fingerprint density at radius 2 is 1.69 bits per heavy atom. The van der Waals surface area contributed by atoms with E-state index < -0.39 is 0 Å². The minimum absolute atomic E-state index is 0.0133. The van der Waals surface area contributed by atoms with Crippen molar-refractivity contribution in [1.29, 1.82) is 0 Å². The Hall–Kier alpha value is -2.92. The van der Waals surface area contributed by atoms with Crippen LogP contribution in [0.5, 0.6) is 0 Å². The molecule has 0 aliphatic rings. The Morgan fingerprint density at radius 3 is 2.50 bits per heavy atom. The van der Waals surface area contributed by atoms with Crippen LogP contribution in [-0.4, -0.2) is 22.0 Å². The van der Waals surface area contributed by atoms with Crippen LogP contribution in [0.15, 0.2) is 77.3 Å². The first-order valence-electron chi connectivity index (χ1n) is 11.1. The van der Waals surface area contributed by atoms with Gasteiger partial charge in [-0.05, 0) is 61.2 Å². The lowest BCUT2D eigenvalue weighted by Gasteiger charge is -2.10. The Bertz CT molecular complexity index is 1200. The molecule has 0 saturated carbocycles. The first-order valence-corrected chi connectivity index (χ1v) is 11.9. The Balaban J connectivity index is 1.32. The van der Waals surface area contributed by atoms with Gasteiger partial charge in [0, 0.05) is 29.5 Å². The van der Waals surface area contributed by atoms with E-state index in [4.69, 9.17) is 4.98 Å². The van der Waals surface area contributed by atoms with Crippen molar-refractivity contribution in [1.82, 2.24) is 14.9 Å². The van der Waals surface area contributed by atoms with Crippen LogP contribution in [-0.2, 0) is 13.0 Å². The summed E-state index contributed by atoms with van der Waals surface area (Å²) in [5, 5.41) is 3.04. The summed E-state index contributed by atoms with van der Waals surface area (Å²) in [4.78, 5) is 17.2. The van der Waals surface area contributed by atoms with Crippen LogP contribution in [0.2, 0.25) is 0 Å². The van der Waals surface area contributed by atoms with Crippen molar-refractivity contribution in [2.24, 2.45) is 0 Å². The molecule has 1 aromatic heterocycles. The second-order valence-corrected chi connectivity index (χ2v) is 9.03. The molecule has 32 heavy (non-hydrogen) atoms. The molecule has 164 valence electrons. The van der Waals surface area contributed by atoms with Gasteiger partial charge in [0.05, 0.1) is 11.0 Å². The van der Waals surface area contributed by atoms with E-state index in [2.05, 4.69) is 68.3 Å². The summed E-state index contributed by atoms with van der Waals surface area (Å²) in [6.07, 6.45) is 3.99. The second-order valence-electron chi connectivity index (χ2n) is 8.11. The first-order chi connectivity index (χ1) is 15.6. The van der Waals surface area contributed by atoms with Gasteiger partial charge in [-0.3, -0.25) is 4.79 Å². The minimum atomic E-state index is 0.0133. The molecule has 4 aromatic rings. The van der Waals surface area contributed by atoms with Crippen LogP contribution in [0.1, 0.15) is 46.6 Å². The predicted octanol–water partition coefficient (Wildman–Crippen LogP) is 6.30. The molecule has 0 unspecified atom stereocenters. The summed E-state index contributed by atoms with van der Waals surface area (Å²) in [6, 6.07) is 24.5. The third kappa shape index (κ3) is 5.46. The van der Waals surface area contributed by atoms with Gasteiger partial charge < -0.3 is 9.88 Å². The number of imidazole rings is 1. The van der Waals surface area contributed by atoms with E-state index in [1.54, 1.807) is 0 Å². The lowest BCUT2D eigenvalue weighted by atomic mass is 10.1. The third-order valence-electron chi connectivity index (χ3n) is 5.74.